The van der Waals surface area contributed by atoms with Gasteiger partial charge in [0.15, 0.2) is 0 Å². The van der Waals surface area contributed by atoms with Crippen molar-refractivity contribution in [3.63, 3.8) is 0 Å². The third kappa shape index (κ3) is 2.19. The van der Waals surface area contributed by atoms with Crippen LogP contribution in [0.25, 0.3) is 0 Å². The molecule has 0 amide bonds. The highest BCUT2D eigenvalue weighted by Crippen LogP contribution is 2.36. The number of thioether (sulfide) groups is 1. The second-order valence-corrected chi connectivity index (χ2v) is 4.79. The number of nitrogens with two attached hydrogens (primary N) is 1. The highest BCUT2D eigenvalue weighted by molar-refractivity contribution is 7.99. The lowest BCUT2D eigenvalue weighted by Gasteiger charge is -2.06. The fourth-order valence-electron chi connectivity index (χ4n) is 1.28. The molecular formula is C11H15NS. The van der Waals surface area contributed by atoms with Crippen LogP contribution in [0.1, 0.15) is 18.4 Å². The lowest BCUT2D eigenvalue weighted by molar-refractivity contribution is 0.999. The molecule has 0 aromatic heterocycles. The molecule has 1 aliphatic carbocycles. The second kappa shape index (κ2) is 3.62. The van der Waals surface area contributed by atoms with Crippen molar-refractivity contribution in [3.8, 4) is 0 Å². The predicted molar refractivity (Wildman–Crippen MR) is 59.0 cm³/mol. The quantitative estimate of drug-likeness (QED) is 0.589. The minimum atomic E-state index is 0.917. The highest BCUT2D eigenvalue weighted by atomic mass is 32.2. The highest BCUT2D eigenvalue weighted by Gasteiger charge is 2.21. The van der Waals surface area contributed by atoms with E-state index in [1.807, 2.05) is 23.9 Å². The van der Waals surface area contributed by atoms with Crippen molar-refractivity contribution in [2.75, 3.05) is 11.5 Å². The van der Waals surface area contributed by atoms with Gasteiger partial charge < -0.3 is 5.73 Å². The van der Waals surface area contributed by atoms with Gasteiger partial charge >= 0.3 is 0 Å². The maximum atomic E-state index is 5.83. The standard InChI is InChI=1S/C11H15NS/c1-8-10(12)3-2-4-11(8)13-7-9-5-6-9/h2-4,9H,5-7,12H2,1H3. The normalized spacial score (nSPS) is 16.1. The molecule has 0 saturated heterocycles. The lowest BCUT2D eigenvalue weighted by atomic mass is 10.2. The third-order valence-electron chi connectivity index (χ3n) is 2.50. The molecular weight excluding hydrogens is 178 g/mol. The van der Waals surface area contributed by atoms with Crippen LogP contribution in [0.4, 0.5) is 5.69 Å². The van der Waals surface area contributed by atoms with E-state index in [1.54, 1.807) is 0 Å². The Kier molecular flexibility index (Phi) is 2.49. The van der Waals surface area contributed by atoms with E-state index >= 15 is 0 Å². The minimum absolute atomic E-state index is 0.917. The van der Waals surface area contributed by atoms with Crippen LogP contribution < -0.4 is 5.73 Å². The molecule has 1 aromatic rings. The van der Waals surface area contributed by atoms with Gasteiger partial charge in [0.2, 0.25) is 0 Å². The Bertz CT molecular complexity index is 305. The summed E-state index contributed by atoms with van der Waals surface area (Å²) in [6.07, 6.45) is 2.85. The number of benzene rings is 1. The molecule has 1 saturated carbocycles. The Morgan fingerprint density at radius 2 is 2.23 bits per heavy atom. The first-order valence-corrected chi connectivity index (χ1v) is 5.74. The van der Waals surface area contributed by atoms with Crippen LogP contribution in [0.2, 0.25) is 0 Å². The molecule has 0 bridgehead atoms. The maximum Gasteiger partial charge on any atom is 0.0354 e. The van der Waals surface area contributed by atoms with Crippen molar-refractivity contribution in [3.05, 3.63) is 23.8 Å². The molecule has 1 fully saturated rings. The van der Waals surface area contributed by atoms with Gasteiger partial charge in [-0.15, -0.1) is 11.8 Å². The van der Waals surface area contributed by atoms with Gasteiger partial charge in [0.25, 0.3) is 0 Å². The first-order valence-electron chi connectivity index (χ1n) is 4.75. The van der Waals surface area contributed by atoms with E-state index in [2.05, 4.69) is 13.0 Å². The van der Waals surface area contributed by atoms with Crippen molar-refractivity contribution < 1.29 is 0 Å². The Morgan fingerprint density at radius 3 is 2.92 bits per heavy atom. The Hall–Kier alpha value is -0.630. The Labute approximate surface area is 83.7 Å². The van der Waals surface area contributed by atoms with E-state index in [-0.39, 0.29) is 0 Å². The Balaban J connectivity index is 2.05. The van der Waals surface area contributed by atoms with E-state index in [0.717, 1.165) is 11.6 Å². The van der Waals surface area contributed by atoms with Crippen LogP contribution in [0, 0.1) is 12.8 Å². The SMILES string of the molecule is Cc1c(N)cccc1SCC1CC1. The summed E-state index contributed by atoms with van der Waals surface area (Å²) in [6.45, 7) is 2.10. The number of anilines is 1. The fourth-order valence-corrected chi connectivity index (χ4v) is 2.54. The van der Waals surface area contributed by atoms with Crippen LogP contribution in [-0.4, -0.2) is 5.75 Å². The van der Waals surface area contributed by atoms with Crippen LogP contribution in [0.3, 0.4) is 0 Å². The van der Waals surface area contributed by atoms with Crippen LogP contribution in [-0.2, 0) is 0 Å². The molecule has 2 rings (SSSR count). The van der Waals surface area contributed by atoms with Gasteiger partial charge in [0.1, 0.15) is 0 Å². The van der Waals surface area contributed by atoms with Gasteiger partial charge in [-0.2, -0.15) is 0 Å². The van der Waals surface area contributed by atoms with E-state index in [0.29, 0.717) is 0 Å². The molecule has 2 heteroatoms. The van der Waals surface area contributed by atoms with Gasteiger partial charge in [-0.25, -0.2) is 0 Å². The van der Waals surface area contributed by atoms with Crippen molar-refractivity contribution in [1.82, 2.24) is 0 Å². The average molecular weight is 193 g/mol. The molecule has 0 radical (unpaired) electrons. The molecule has 0 atom stereocenters. The minimum Gasteiger partial charge on any atom is -0.398 e. The van der Waals surface area contributed by atoms with Crippen molar-refractivity contribution in [1.29, 1.82) is 0 Å². The van der Waals surface area contributed by atoms with Gasteiger partial charge in [0.05, 0.1) is 0 Å². The lowest BCUT2D eigenvalue weighted by Crippen LogP contribution is -1.91. The monoisotopic (exact) mass is 193 g/mol. The van der Waals surface area contributed by atoms with Crippen LogP contribution in [0.5, 0.6) is 0 Å². The van der Waals surface area contributed by atoms with E-state index in [4.69, 9.17) is 5.73 Å². The van der Waals surface area contributed by atoms with Crippen LogP contribution in [0.15, 0.2) is 23.1 Å². The number of hydrogen-bond donors (Lipinski definition) is 1. The molecule has 0 heterocycles. The first-order chi connectivity index (χ1) is 6.27. The Morgan fingerprint density at radius 1 is 1.46 bits per heavy atom. The van der Waals surface area contributed by atoms with Gasteiger partial charge in [-0.3, -0.25) is 0 Å². The summed E-state index contributed by atoms with van der Waals surface area (Å²) in [4.78, 5) is 1.35. The van der Waals surface area contributed by atoms with Gasteiger partial charge in [0, 0.05) is 16.3 Å². The molecule has 0 aliphatic heterocycles. The van der Waals surface area contributed by atoms with Crippen molar-refractivity contribution >= 4 is 17.4 Å². The maximum absolute atomic E-state index is 5.83. The van der Waals surface area contributed by atoms with Crippen molar-refractivity contribution in [2.45, 2.75) is 24.7 Å². The molecule has 2 N–H and O–H groups in total. The summed E-state index contributed by atoms with van der Waals surface area (Å²) in [5, 5.41) is 0. The number of nitrogen functional groups attached to an aromatic ring is 1. The molecule has 1 aromatic carbocycles. The van der Waals surface area contributed by atoms with Gasteiger partial charge in [-0.1, -0.05) is 6.07 Å². The fraction of sp³-hybridized carbons (Fsp3) is 0.455. The predicted octanol–water partition coefficient (Wildman–Crippen LogP) is 3.08. The molecule has 1 aliphatic rings. The van der Waals surface area contributed by atoms with E-state index < -0.39 is 0 Å². The summed E-state index contributed by atoms with van der Waals surface area (Å²) in [7, 11) is 0. The van der Waals surface area contributed by atoms with Crippen LogP contribution >= 0.6 is 11.8 Å². The third-order valence-corrected chi connectivity index (χ3v) is 3.89. The summed E-state index contributed by atoms with van der Waals surface area (Å²) < 4.78 is 0. The molecule has 0 spiro atoms. The smallest absolute Gasteiger partial charge is 0.0354 e. The average Bonchev–Trinajstić information content (AvgIpc) is 2.91. The first kappa shape index (κ1) is 8.95. The number of hydrogen-bond acceptors (Lipinski definition) is 2. The zero-order valence-corrected chi connectivity index (χ0v) is 8.73. The van der Waals surface area contributed by atoms with Gasteiger partial charge in [-0.05, 0) is 43.4 Å². The second-order valence-electron chi connectivity index (χ2n) is 3.72. The van der Waals surface area contributed by atoms with E-state index in [9.17, 15) is 0 Å². The summed E-state index contributed by atoms with van der Waals surface area (Å²) in [5.41, 5.74) is 7.99. The summed E-state index contributed by atoms with van der Waals surface area (Å²) >= 11 is 1.95. The zero-order valence-electron chi connectivity index (χ0n) is 7.92. The summed E-state index contributed by atoms with van der Waals surface area (Å²) in [6, 6.07) is 6.17. The number of rotatable bonds is 3. The van der Waals surface area contributed by atoms with E-state index in [1.165, 1.54) is 29.1 Å². The molecule has 13 heavy (non-hydrogen) atoms. The molecule has 1 nitrogen and oxygen atoms in total. The molecule has 0 unspecified atom stereocenters. The largest absolute Gasteiger partial charge is 0.398 e. The summed E-state index contributed by atoms with van der Waals surface area (Å²) in [5.74, 6) is 2.25. The molecule has 70 valence electrons. The van der Waals surface area contributed by atoms with Crippen molar-refractivity contribution in [2.24, 2.45) is 5.92 Å². The topological polar surface area (TPSA) is 26.0 Å². The zero-order chi connectivity index (χ0) is 9.26.